The average molecular weight is 525 g/mol. The monoisotopic (exact) mass is 521 g/mol. The first-order chi connectivity index (χ1) is 5.26. The quantitative estimate of drug-likeness (QED) is 0.138. The van der Waals surface area contributed by atoms with Crippen LogP contribution in [0.15, 0.2) is 0 Å². The van der Waals surface area contributed by atoms with E-state index in [1.54, 1.807) is 0 Å². The first-order valence-electron chi connectivity index (χ1n) is 3.10. The van der Waals surface area contributed by atoms with Crippen LogP contribution in [0.1, 0.15) is 13.8 Å². The Balaban J connectivity index is -0.000000480. The van der Waals surface area contributed by atoms with Gasteiger partial charge in [0.2, 0.25) is 0 Å². The smallest absolute Gasteiger partial charge is 1.00 e. The maximum atomic E-state index is 11.1. The molecule has 0 aromatic heterocycles. The Labute approximate surface area is 135 Å². The van der Waals surface area contributed by atoms with Crippen molar-refractivity contribution in [1.29, 1.82) is 0 Å². The van der Waals surface area contributed by atoms with Crippen molar-refractivity contribution >= 4 is 43.8 Å². The molecule has 0 spiro atoms. The van der Waals surface area contributed by atoms with Gasteiger partial charge in [-0.2, -0.15) is 0 Å². The number of esters is 2. The zero-order valence-corrected chi connectivity index (χ0v) is 14.7. The van der Waals surface area contributed by atoms with E-state index in [9.17, 15) is 9.59 Å². The van der Waals surface area contributed by atoms with Gasteiger partial charge in [-0.05, 0) is 31.9 Å². The molecule has 15 heavy (non-hydrogen) atoms. The molecule has 0 amide bonds. The molecule has 4 nitrogen and oxygen atoms in total. The van der Waals surface area contributed by atoms with Crippen LogP contribution < -0.4 is 34.0 Å². The second-order valence-corrected chi connectivity index (χ2v) is 6.20. The molecule has 0 aromatic carbocycles. The topological polar surface area (TPSA) is 52.6 Å². The summed E-state index contributed by atoms with van der Waals surface area (Å²) in [6.07, 6.45) is 0. The van der Waals surface area contributed by atoms with E-state index in [4.69, 9.17) is 9.47 Å². The molecule has 0 saturated carbocycles. The predicted octanol–water partition coefficient (Wildman–Crippen LogP) is -4.69. The van der Waals surface area contributed by atoms with Gasteiger partial charge < -0.3 is 43.4 Å². The van der Waals surface area contributed by atoms with Crippen LogP contribution in [0, 0.1) is 0 Å². The van der Waals surface area contributed by atoms with E-state index in [2.05, 4.69) is 31.9 Å². The van der Waals surface area contributed by atoms with Crippen LogP contribution in [-0.4, -0.2) is 21.0 Å². The number of rotatable bonds is 0. The van der Waals surface area contributed by atoms with Gasteiger partial charge in [-0.25, -0.2) is 9.59 Å². The molecule has 9 heteroatoms. The van der Waals surface area contributed by atoms with E-state index in [-0.39, 0.29) is 51.0 Å². The Morgan fingerprint density at radius 3 is 1.53 bits per heavy atom. The van der Waals surface area contributed by atoms with E-state index >= 15 is 0 Å². The molecule has 0 aromatic rings. The van der Waals surface area contributed by atoms with Crippen LogP contribution >= 0.6 is 31.9 Å². The minimum absolute atomic E-state index is 0. The van der Waals surface area contributed by atoms with Crippen molar-refractivity contribution in [1.82, 2.24) is 0 Å². The number of hydrogen-bond donors (Lipinski definition) is 0. The van der Waals surface area contributed by atoms with Crippen LogP contribution in [0.25, 0.3) is 0 Å². The zero-order chi connectivity index (χ0) is 9.57. The van der Waals surface area contributed by atoms with Gasteiger partial charge in [0.25, 0.3) is 9.02 Å². The minimum Gasteiger partial charge on any atom is -1.00 e. The molecule has 0 N–H and O–H groups in total. The SMILES string of the molecule is CC1(C)OC(=O)C(Br)(Br)C(=O)O1.[Br-].[Br-].[Cu+2]. The number of carbonyl (C=O) groups excluding carboxylic acids is 2. The molecule has 0 bridgehead atoms. The Kier molecular flexibility index (Phi) is 10.0. The van der Waals surface area contributed by atoms with Crippen molar-refractivity contribution in [2.45, 2.75) is 22.9 Å². The summed E-state index contributed by atoms with van der Waals surface area (Å²) in [6, 6.07) is 0. The predicted molar refractivity (Wildman–Crippen MR) is 46.8 cm³/mol. The van der Waals surface area contributed by atoms with Crippen molar-refractivity contribution < 1.29 is 70.1 Å². The first kappa shape index (κ1) is 21.6. The number of hydrogen-bond acceptors (Lipinski definition) is 4. The zero-order valence-electron chi connectivity index (χ0n) is 7.45. The van der Waals surface area contributed by atoms with Crippen molar-refractivity contribution in [2.24, 2.45) is 0 Å². The summed E-state index contributed by atoms with van der Waals surface area (Å²) in [5.74, 6) is -2.59. The van der Waals surface area contributed by atoms with Crippen molar-refractivity contribution in [3.8, 4) is 0 Å². The molecule has 1 rings (SSSR count). The molecule has 0 aliphatic carbocycles. The van der Waals surface area contributed by atoms with E-state index in [1.807, 2.05) is 0 Å². The Bertz CT molecular complexity index is 234. The summed E-state index contributed by atoms with van der Waals surface area (Å²) in [4.78, 5) is 22.3. The molecular formula is C6H6Br4CuO4. The van der Waals surface area contributed by atoms with Crippen LogP contribution in [0.4, 0.5) is 0 Å². The summed E-state index contributed by atoms with van der Waals surface area (Å²) in [6.45, 7) is 2.97. The number of carbonyl (C=O) groups is 2. The molecular weight excluding hydrogens is 519 g/mol. The van der Waals surface area contributed by atoms with Crippen LogP contribution in [0.3, 0.4) is 0 Å². The number of ether oxygens (including phenoxy) is 2. The van der Waals surface area contributed by atoms with Crippen molar-refractivity contribution in [3.63, 3.8) is 0 Å². The molecule has 0 atom stereocenters. The van der Waals surface area contributed by atoms with Gasteiger partial charge >= 0.3 is 29.0 Å². The Morgan fingerprint density at radius 1 is 1.00 bits per heavy atom. The molecule has 0 unspecified atom stereocenters. The molecule has 1 aliphatic heterocycles. The molecule has 1 radical (unpaired) electrons. The van der Waals surface area contributed by atoms with Gasteiger partial charge in [0.05, 0.1) is 0 Å². The van der Waals surface area contributed by atoms with Gasteiger partial charge in [-0.3, -0.25) is 0 Å². The second kappa shape index (κ2) is 6.96. The fourth-order valence-electron chi connectivity index (χ4n) is 0.679. The summed E-state index contributed by atoms with van der Waals surface area (Å²) < 4.78 is 8.02. The van der Waals surface area contributed by atoms with Gasteiger partial charge in [0, 0.05) is 13.8 Å². The van der Waals surface area contributed by atoms with E-state index in [1.165, 1.54) is 13.8 Å². The Hall–Kier alpha value is 1.38. The number of cyclic esters (lactones) is 2. The third-order valence-electron chi connectivity index (χ3n) is 1.19. The molecule has 1 aliphatic rings. The van der Waals surface area contributed by atoms with Crippen LogP contribution in [0.2, 0.25) is 0 Å². The normalized spacial score (nSPS) is 20.8. The second-order valence-electron chi connectivity index (χ2n) is 2.75. The Morgan fingerprint density at radius 2 is 1.27 bits per heavy atom. The first-order valence-corrected chi connectivity index (χ1v) is 4.69. The third kappa shape index (κ3) is 5.04. The summed E-state index contributed by atoms with van der Waals surface area (Å²) in [7, 11) is 0. The van der Waals surface area contributed by atoms with E-state index < -0.39 is 21.0 Å². The van der Waals surface area contributed by atoms with Crippen LogP contribution in [0.5, 0.6) is 0 Å². The number of alkyl halides is 2. The third-order valence-corrected chi connectivity index (χ3v) is 2.48. The van der Waals surface area contributed by atoms with Crippen molar-refractivity contribution in [3.05, 3.63) is 0 Å². The van der Waals surface area contributed by atoms with Gasteiger partial charge in [-0.1, -0.05) is 0 Å². The fourth-order valence-corrected chi connectivity index (χ4v) is 1.00. The van der Waals surface area contributed by atoms with Gasteiger partial charge in [0.15, 0.2) is 0 Å². The molecule has 93 valence electrons. The minimum atomic E-state index is -1.55. The average Bonchev–Trinajstić information content (AvgIpc) is 1.82. The van der Waals surface area contributed by atoms with Crippen LogP contribution in [-0.2, 0) is 36.1 Å². The maximum absolute atomic E-state index is 11.1. The summed E-state index contributed by atoms with van der Waals surface area (Å²) in [5, 5.41) is 0. The summed E-state index contributed by atoms with van der Waals surface area (Å²) >= 11 is 5.68. The molecule has 1 heterocycles. The molecule has 1 saturated heterocycles. The van der Waals surface area contributed by atoms with E-state index in [0.29, 0.717) is 0 Å². The molecule has 1 fully saturated rings. The maximum Gasteiger partial charge on any atom is 2.00 e. The summed E-state index contributed by atoms with van der Waals surface area (Å²) in [5.41, 5.74) is 0. The van der Waals surface area contributed by atoms with Crippen molar-refractivity contribution in [2.75, 3.05) is 0 Å². The van der Waals surface area contributed by atoms with Gasteiger partial charge in [0.1, 0.15) is 0 Å². The fraction of sp³-hybridized carbons (Fsp3) is 0.667. The van der Waals surface area contributed by atoms with E-state index in [0.717, 1.165) is 0 Å². The van der Waals surface area contributed by atoms with Gasteiger partial charge in [-0.15, -0.1) is 0 Å². The largest absolute Gasteiger partial charge is 2.00 e. The standard InChI is InChI=1S/C6H6Br2O4.2BrH.Cu/c1-5(2)11-3(9)6(7,8)4(10)12-5;;;/h1-2H3;2*1H;/q;;;+2/p-2. The number of halogens is 4.